The average molecular weight is 592 g/mol. The minimum atomic E-state index is -0.331. The first-order chi connectivity index (χ1) is 21.4. The Balaban J connectivity index is 1.40. The van der Waals surface area contributed by atoms with Crippen molar-refractivity contribution in [3.63, 3.8) is 0 Å². The number of aromatic nitrogens is 5. The van der Waals surface area contributed by atoms with Gasteiger partial charge < -0.3 is 0 Å². The van der Waals surface area contributed by atoms with E-state index >= 15 is 0 Å². The molecule has 0 spiro atoms. The van der Waals surface area contributed by atoms with E-state index in [1.54, 1.807) is 10.6 Å². The van der Waals surface area contributed by atoms with Crippen LogP contribution in [0.2, 0.25) is 0 Å². The molecule has 3 aromatic heterocycles. The lowest BCUT2D eigenvalue weighted by Gasteiger charge is -2.44. The van der Waals surface area contributed by atoms with Gasteiger partial charge in [0.15, 0.2) is 17.5 Å². The molecule has 8 rings (SSSR count). The number of rotatable bonds is 3. The van der Waals surface area contributed by atoms with Gasteiger partial charge in [-0.1, -0.05) is 108 Å². The highest BCUT2D eigenvalue weighted by Crippen LogP contribution is 2.61. The van der Waals surface area contributed by atoms with Crippen LogP contribution in [0, 0.1) is 5.41 Å². The van der Waals surface area contributed by atoms with Crippen molar-refractivity contribution in [1.29, 1.82) is 0 Å². The first-order valence-corrected chi connectivity index (χ1v) is 15.3. The van der Waals surface area contributed by atoms with Crippen LogP contribution in [0.25, 0.3) is 56.0 Å². The summed E-state index contributed by atoms with van der Waals surface area (Å²) in [6.45, 7) is 13.7. The lowest BCUT2D eigenvalue weighted by molar-refractivity contribution is 0.125. The molecule has 222 valence electrons. The summed E-state index contributed by atoms with van der Waals surface area (Å²) >= 11 is 0. The topological polar surface area (TPSA) is 81.6 Å². The monoisotopic (exact) mass is 591 g/mol. The summed E-state index contributed by atoms with van der Waals surface area (Å²) in [5.41, 5.74) is 5.22. The van der Waals surface area contributed by atoms with Gasteiger partial charge in [-0.2, -0.15) is 4.52 Å². The Bertz CT molecular complexity index is 2380. The minimum Gasteiger partial charge on any atom is -0.267 e. The van der Waals surface area contributed by atoms with E-state index in [1.165, 1.54) is 15.6 Å². The summed E-state index contributed by atoms with van der Waals surface area (Å²) in [4.78, 5) is 42.2. The van der Waals surface area contributed by atoms with Crippen molar-refractivity contribution in [3.05, 3.63) is 123 Å². The van der Waals surface area contributed by atoms with E-state index in [9.17, 15) is 9.59 Å². The molecule has 7 aromatic rings. The van der Waals surface area contributed by atoms with Gasteiger partial charge in [0.1, 0.15) is 0 Å². The van der Waals surface area contributed by atoms with E-state index < -0.39 is 0 Å². The van der Waals surface area contributed by atoms with Crippen LogP contribution in [0.5, 0.6) is 0 Å². The third kappa shape index (κ3) is 3.55. The first kappa shape index (κ1) is 27.4. The smallest absolute Gasteiger partial charge is 0.267 e. The number of fused-ring (bicyclic) bond motifs is 6. The van der Waals surface area contributed by atoms with Crippen molar-refractivity contribution in [2.75, 3.05) is 0 Å². The molecule has 0 radical (unpaired) electrons. The first-order valence-electron chi connectivity index (χ1n) is 15.3. The Morgan fingerprint density at radius 1 is 0.489 bits per heavy atom. The van der Waals surface area contributed by atoms with Crippen LogP contribution in [0.4, 0.5) is 0 Å². The maximum Gasteiger partial charge on any atom is 0.282 e. The summed E-state index contributed by atoms with van der Waals surface area (Å²) < 4.78 is 3.06. The van der Waals surface area contributed by atoms with E-state index in [1.807, 2.05) is 78.9 Å². The standard InChI is InChI=1S/C38H33N5O2/c1-36(2)27-20-26-30(21-28(27)37(3,4)38(36,5)6)42-29-19-24(17-18-25(29)34(44)43(42)35(26)45)33-40-31(22-13-9-7-10-14-22)39-32(41-33)23-15-11-8-12-16-23/h7-21H,1-6H3. The highest BCUT2D eigenvalue weighted by molar-refractivity contribution is 5.91. The molecule has 0 saturated heterocycles. The maximum absolute atomic E-state index is 13.9. The highest BCUT2D eigenvalue weighted by atomic mass is 16.2. The van der Waals surface area contributed by atoms with Crippen molar-refractivity contribution < 1.29 is 0 Å². The zero-order valence-electron chi connectivity index (χ0n) is 26.2. The molecular weight excluding hydrogens is 558 g/mol. The van der Waals surface area contributed by atoms with Gasteiger partial charge in [-0.05, 0) is 51.6 Å². The third-order valence-corrected chi connectivity index (χ3v) is 11.1. The lowest BCUT2D eigenvalue weighted by atomic mass is 9.59. The van der Waals surface area contributed by atoms with Crippen LogP contribution in [0.1, 0.15) is 52.7 Å². The van der Waals surface area contributed by atoms with Crippen LogP contribution < -0.4 is 11.1 Å². The molecule has 0 amide bonds. The molecule has 0 atom stereocenters. The van der Waals surface area contributed by atoms with E-state index in [-0.39, 0.29) is 27.4 Å². The number of nitrogens with zero attached hydrogens (tertiary/aromatic N) is 5. The molecule has 0 N–H and O–H groups in total. The van der Waals surface area contributed by atoms with E-state index in [0.29, 0.717) is 33.8 Å². The number of benzene rings is 4. The minimum absolute atomic E-state index is 0.0579. The molecule has 45 heavy (non-hydrogen) atoms. The third-order valence-electron chi connectivity index (χ3n) is 11.1. The quantitative estimate of drug-likeness (QED) is 0.216. The predicted molar refractivity (Wildman–Crippen MR) is 179 cm³/mol. The predicted octanol–water partition coefficient (Wildman–Crippen LogP) is 7.28. The molecule has 7 heteroatoms. The second kappa shape index (κ2) is 8.94. The summed E-state index contributed by atoms with van der Waals surface area (Å²) in [7, 11) is 0. The molecule has 4 aromatic carbocycles. The van der Waals surface area contributed by atoms with Crippen molar-refractivity contribution in [2.24, 2.45) is 5.41 Å². The fourth-order valence-corrected chi connectivity index (χ4v) is 7.24. The Labute approximate surface area is 260 Å². The van der Waals surface area contributed by atoms with Crippen LogP contribution in [0.3, 0.4) is 0 Å². The van der Waals surface area contributed by atoms with Crippen molar-refractivity contribution >= 4 is 21.8 Å². The Morgan fingerprint density at radius 2 is 0.956 bits per heavy atom. The van der Waals surface area contributed by atoms with Crippen LogP contribution in [-0.2, 0) is 10.8 Å². The van der Waals surface area contributed by atoms with Gasteiger partial charge in [0, 0.05) is 16.7 Å². The fraction of sp³-hybridized carbons (Fsp3) is 0.237. The van der Waals surface area contributed by atoms with Crippen LogP contribution >= 0.6 is 0 Å². The molecule has 0 bridgehead atoms. The molecule has 1 aliphatic carbocycles. The second-order valence-electron chi connectivity index (χ2n) is 13.8. The molecular formula is C38H33N5O2. The summed E-state index contributed by atoms with van der Waals surface area (Å²) in [5.74, 6) is 1.60. The normalized spacial score (nSPS) is 16.5. The second-order valence-corrected chi connectivity index (χ2v) is 13.8. The highest BCUT2D eigenvalue weighted by Gasteiger charge is 2.57. The lowest BCUT2D eigenvalue weighted by Crippen LogP contribution is -2.42. The van der Waals surface area contributed by atoms with Crippen molar-refractivity contribution in [1.82, 2.24) is 24.0 Å². The SMILES string of the molecule is CC1(C)c2cc3c(=O)n4c(=O)c5ccc(-c6nc(-c7ccccc7)nc(-c7ccccc7)n6)cc5n4c3cc2C(C)(C)C1(C)C. The van der Waals surface area contributed by atoms with E-state index in [0.717, 1.165) is 22.2 Å². The van der Waals surface area contributed by atoms with Gasteiger partial charge in [-0.3, -0.25) is 9.59 Å². The van der Waals surface area contributed by atoms with E-state index in [4.69, 9.17) is 15.0 Å². The molecule has 1 aliphatic rings. The van der Waals surface area contributed by atoms with Gasteiger partial charge in [-0.15, -0.1) is 0 Å². The van der Waals surface area contributed by atoms with E-state index in [2.05, 4.69) is 47.6 Å². The van der Waals surface area contributed by atoms with Gasteiger partial charge in [0.25, 0.3) is 11.1 Å². The van der Waals surface area contributed by atoms with Gasteiger partial charge in [0.2, 0.25) is 0 Å². The zero-order chi connectivity index (χ0) is 31.5. The maximum atomic E-state index is 13.9. The van der Waals surface area contributed by atoms with Gasteiger partial charge in [0.05, 0.1) is 21.8 Å². The average Bonchev–Trinajstić information content (AvgIpc) is 3.54. The molecule has 7 nitrogen and oxygen atoms in total. The Hall–Kier alpha value is -5.17. The Kier molecular flexibility index (Phi) is 5.44. The molecule has 0 saturated carbocycles. The summed E-state index contributed by atoms with van der Waals surface area (Å²) in [6, 6.07) is 29.4. The molecule has 0 fully saturated rings. The van der Waals surface area contributed by atoms with Gasteiger partial charge >= 0.3 is 0 Å². The fourth-order valence-electron chi connectivity index (χ4n) is 7.24. The summed E-state index contributed by atoms with van der Waals surface area (Å²) in [6.07, 6.45) is 0. The molecule has 0 aliphatic heterocycles. The number of hydrogen-bond donors (Lipinski definition) is 0. The Morgan fingerprint density at radius 3 is 1.51 bits per heavy atom. The zero-order valence-corrected chi connectivity index (χ0v) is 26.2. The number of hydrogen-bond acceptors (Lipinski definition) is 5. The summed E-state index contributed by atoms with van der Waals surface area (Å²) in [5, 5.41) is 1.02. The van der Waals surface area contributed by atoms with Crippen molar-refractivity contribution in [2.45, 2.75) is 52.4 Å². The molecule has 0 unspecified atom stereocenters. The van der Waals surface area contributed by atoms with Crippen molar-refractivity contribution in [3.8, 4) is 34.2 Å². The van der Waals surface area contributed by atoms with Crippen LogP contribution in [-0.4, -0.2) is 24.0 Å². The molecule has 3 heterocycles. The largest absolute Gasteiger partial charge is 0.282 e. The van der Waals surface area contributed by atoms with Crippen LogP contribution in [0.15, 0.2) is 101 Å². The van der Waals surface area contributed by atoms with Gasteiger partial charge in [-0.25, -0.2) is 19.5 Å².